The fourth-order valence-corrected chi connectivity index (χ4v) is 4.09. The molecule has 162 valence electrons. The lowest BCUT2D eigenvalue weighted by molar-refractivity contribution is -0.113. The van der Waals surface area contributed by atoms with Crippen LogP contribution >= 0.6 is 11.8 Å². The summed E-state index contributed by atoms with van der Waals surface area (Å²) in [5.74, 6) is 1.09. The summed E-state index contributed by atoms with van der Waals surface area (Å²) in [5.41, 5.74) is 2.74. The average molecular weight is 447 g/mol. The molecule has 1 amide bonds. The molecule has 0 radical (unpaired) electrons. The first-order chi connectivity index (χ1) is 15.7. The lowest BCUT2D eigenvalue weighted by Crippen LogP contribution is -2.17. The Bertz CT molecular complexity index is 1200. The van der Waals surface area contributed by atoms with E-state index in [9.17, 15) is 9.59 Å². The standard InChI is InChI=1S/C24H22N4O3S/c1-31-24(30)20-11-5-6-12-21(20)26-22(29)17-32-16-18-15-25-28(19-9-3-2-4-10-19)23(18)27-13-7-8-14-27/h2-15H,16-17H2,1H3,(H,26,29). The second-order valence-electron chi connectivity index (χ2n) is 6.91. The molecule has 0 aliphatic heterocycles. The highest BCUT2D eigenvalue weighted by molar-refractivity contribution is 7.99. The molecule has 0 saturated carbocycles. The first kappa shape index (κ1) is 21.5. The molecule has 7 nitrogen and oxygen atoms in total. The zero-order valence-corrected chi connectivity index (χ0v) is 18.3. The van der Waals surface area contributed by atoms with Gasteiger partial charge in [0.25, 0.3) is 0 Å². The summed E-state index contributed by atoms with van der Waals surface area (Å²) in [6.45, 7) is 0. The van der Waals surface area contributed by atoms with Crippen LogP contribution in [0.15, 0.2) is 85.3 Å². The van der Waals surface area contributed by atoms with Crippen molar-refractivity contribution in [2.75, 3.05) is 18.2 Å². The van der Waals surface area contributed by atoms with Gasteiger partial charge in [0, 0.05) is 23.7 Å². The molecule has 32 heavy (non-hydrogen) atoms. The third-order valence-electron chi connectivity index (χ3n) is 4.76. The number of amides is 1. The monoisotopic (exact) mass is 446 g/mol. The number of nitrogens with one attached hydrogen (secondary N) is 1. The maximum atomic E-state index is 12.5. The van der Waals surface area contributed by atoms with Crippen molar-refractivity contribution in [1.82, 2.24) is 14.3 Å². The van der Waals surface area contributed by atoms with Crippen LogP contribution in [0.3, 0.4) is 0 Å². The molecule has 2 aromatic heterocycles. The van der Waals surface area contributed by atoms with Gasteiger partial charge in [0.2, 0.25) is 5.91 Å². The minimum atomic E-state index is -0.488. The van der Waals surface area contributed by atoms with E-state index < -0.39 is 5.97 Å². The van der Waals surface area contributed by atoms with E-state index in [1.807, 2.05) is 70.3 Å². The largest absolute Gasteiger partial charge is 0.465 e. The minimum absolute atomic E-state index is 0.190. The van der Waals surface area contributed by atoms with Crippen LogP contribution in [-0.2, 0) is 15.3 Å². The van der Waals surface area contributed by atoms with Gasteiger partial charge in [-0.3, -0.25) is 4.79 Å². The van der Waals surface area contributed by atoms with E-state index >= 15 is 0 Å². The lowest BCUT2D eigenvalue weighted by atomic mass is 10.2. The lowest BCUT2D eigenvalue weighted by Gasteiger charge is -2.11. The highest BCUT2D eigenvalue weighted by atomic mass is 32.2. The van der Waals surface area contributed by atoms with Gasteiger partial charge in [0.05, 0.1) is 36.0 Å². The van der Waals surface area contributed by atoms with Gasteiger partial charge in [-0.25, -0.2) is 9.48 Å². The van der Waals surface area contributed by atoms with Crippen molar-refractivity contribution in [3.63, 3.8) is 0 Å². The predicted molar refractivity (Wildman–Crippen MR) is 125 cm³/mol. The quantitative estimate of drug-likeness (QED) is 0.408. The summed E-state index contributed by atoms with van der Waals surface area (Å²) in [6.07, 6.45) is 5.78. The van der Waals surface area contributed by atoms with Crippen molar-refractivity contribution < 1.29 is 14.3 Å². The molecule has 8 heteroatoms. The van der Waals surface area contributed by atoms with Crippen LogP contribution in [-0.4, -0.2) is 39.1 Å². The van der Waals surface area contributed by atoms with Crippen LogP contribution in [0.5, 0.6) is 0 Å². The van der Waals surface area contributed by atoms with Crippen molar-refractivity contribution in [3.8, 4) is 11.5 Å². The number of esters is 1. The molecule has 0 atom stereocenters. The molecule has 1 N–H and O–H groups in total. The third-order valence-corrected chi connectivity index (χ3v) is 5.75. The second kappa shape index (κ2) is 10.0. The zero-order valence-electron chi connectivity index (χ0n) is 17.5. The molecular weight excluding hydrogens is 424 g/mol. The van der Waals surface area contributed by atoms with Crippen LogP contribution in [0.25, 0.3) is 11.5 Å². The number of hydrogen-bond donors (Lipinski definition) is 1. The molecule has 0 spiro atoms. The van der Waals surface area contributed by atoms with E-state index in [0.717, 1.165) is 17.1 Å². The van der Waals surface area contributed by atoms with Gasteiger partial charge in [-0.15, -0.1) is 11.8 Å². The van der Waals surface area contributed by atoms with E-state index in [0.29, 0.717) is 17.0 Å². The molecule has 4 rings (SSSR count). The molecule has 0 unspecified atom stereocenters. The Balaban J connectivity index is 1.46. The highest BCUT2D eigenvalue weighted by Gasteiger charge is 2.16. The van der Waals surface area contributed by atoms with E-state index in [2.05, 4.69) is 10.4 Å². The Kier molecular flexibility index (Phi) is 6.72. The van der Waals surface area contributed by atoms with Gasteiger partial charge in [-0.05, 0) is 36.4 Å². The summed E-state index contributed by atoms with van der Waals surface area (Å²) in [4.78, 5) is 24.4. The average Bonchev–Trinajstić information content (AvgIpc) is 3.49. The SMILES string of the molecule is COC(=O)c1ccccc1NC(=O)CSCc1cnn(-c2ccccc2)c1-n1cccc1. The second-order valence-corrected chi connectivity index (χ2v) is 7.89. The first-order valence-corrected chi connectivity index (χ1v) is 11.1. The number of methoxy groups -OCH3 is 1. The van der Waals surface area contributed by atoms with E-state index in [1.54, 1.807) is 24.3 Å². The molecule has 0 saturated heterocycles. The molecular formula is C24H22N4O3S. The summed E-state index contributed by atoms with van der Waals surface area (Å²) < 4.78 is 8.69. The number of benzene rings is 2. The van der Waals surface area contributed by atoms with E-state index in [-0.39, 0.29) is 11.7 Å². The maximum Gasteiger partial charge on any atom is 0.339 e. The first-order valence-electron chi connectivity index (χ1n) is 9.98. The normalized spacial score (nSPS) is 10.7. The number of carbonyl (C=O) groups is 2. The molecule has 0 aliphatic carbocycles. The summed E-state index contributed by atoms with van der Waals surface area (Å²) in [5, 5.41) is 7.38. The van der Waals surface area contributed by atoms with E-state index in [4.69, 9.17) is 4.74 Å². The van der Waals surface area contributed by atoms with Crippen LogP contribution in [0.4, 0.5) is 5.69 Å². The van der Waals surface area contributed by atoms with Crippen molar-refractivity contribution in [2.24, 2.45) is 0 Å². The summed E-state index contributed by atoms with van der Waals surface area (Å²) in [6, 6.07) is 20.6. The Morgan fingerprint density at radius 2 is 1.72 bits per heavy atom. The fraction of sp³-hybridized carbons (Fsp3) is 0.125. The summed E-state index contributed by atoms with van der Waals surface area (Å²) in [7, 11) is 1.31. The topological polar surface area (TPSA) is 78.2 Å². The highest BCUT2D eigenvalue weighted by Crippen LogP contribution is 2.24. The Labute approximate surface area is 190 Å². The summed E-state index contributed by atoms with van der Waals surface area (Å²) >= 11 is 1.48. The number of thioether (sulfide) groups is 1. The maximum absolute atomic E-state index is 12.5. The van der Waals surface area contributed by atoms with Crippen LogP contribution in [0, 0.1) is 0 Å². The van der Waals surface area contributed by atoms with Gasteiger partial charge < -0.3 is 14.6 Å². The third kappa shape index (κ3) is 4.76. The molecule has 2 aromatic carbocycles. The molecule has 0 bridgehead atoms. The number of hydrogen-bond acceptors (Lipinski definition) is 5. The van der Waals surface area contributed by atoms with E-state index in [1.165, 1.54) is 18.9 Å². The van der Waals surface area contributed by atoms with Gasteiger partial charge >= 0.3 is 5.97 Å². The Hall–Kier alpha value is -3.78. The van der Waals surface area contributed by atoms with Crippen LogP contribution in [0.2, 0.25) is 0 Å². The van der Waals surface area contributed by atoms with Gasteiger partial charge in [0.15, 0.2) is 0 Å². The molecule has 0 aliphatic rings. The number of anilines is 1. The molecule has 0 fully saturated rings. The number of rotatable bonds is 8. The fourth-order valence-electron chi connectivity index (χ4n) is 3.31. The van der Waals surface area contributed by atoms with Crippen molar-refractivity contribution >= 4 is 29.3 Å². The molecule has 2 heterocycles. The smallest absolute Gasteiger partial charge is 0.339 e. The molecule has 4 aromatic rings. The predicted octanol–water partition coefficient (Wildman–Crippen LogP) is 4.32. The number of nitrogens with zero attached hydrogens (tertiary/aromatic N) is 3. The number of aromatic nitrogens is 3. The van der Waals surface area contributed by atoms with Crippen molar-refractivity contribution in [1.29, 1.82) is 0 Å². The number of ether oxygens (including phenoxy) is 1. The Morgan fingerprint density at radius 1 is 1.00 bits per heavy atom. The Morgan fingerprint density at radius 3 is 2.47 bits per heavy atom. The van der Waals surface area contributed by atoms with Gasteiger partial charge in [-0.1, -0.05) is 30.3 Å². The van der Waals surface area contributed by atoms with Crippen LogP contribution in [0.1, 0.15) is 15.9 Å². The minimum Gasteiger partial charge on any atom is -0.465 e. The van der Waals surface area contributed by atoms with Gasteiger partial charge in [-0.2, -0.15) is 5.10 Å². The van der Waals surface area contributed by atoms with Crippen molar-refractivity contribution in [3.05, 3.63) is 96.4 Å². The zero-order chi connectivity index (χ0) is 22.3. The van der Waals surface area contributed by atoms with Gasteiger partial charge in [0.1, 0.15) is 5.82 Å². The number of carbonyl (C=O) groups excluding carboxylic acids is 2. The van der Waals surface area contributed by atoms with Crippen molar-refractivity contribution in [2.45, 2.75) is 5.75 Å². The van der Waals surface area contributed by atoms with Crippen LogP contribution < -0.4 is 5.32 Å². The number of para-hydroxylation sites is 2.